The number of nitrogen functional groups attached to an aromatic ring is 1. The van der Waals surface area contributed by atoms with Gasteiger partial charge in [-0.2, -0.15) is 4.98 Å². The predicted molar refractivity (Wildman–Crippen MR) is 68.6 cm³/mol. The summed E-state index contributed by atoms with van der Waals surface area (Å²) in [6.45, 7) is 3.40. The van der Waals surface area contributed by atoms with Gasteiger partial charge in [-0.3, -0.25) is 0 Å². The van der Waals surface area contributed by atoms with Crippen LogP contribution in [0.15, 0.2) is 12.1 Å². The van der Waals surface area contributed by atoms with Crippen LogP contribution in [0, 0.1) is 5.92 Å². The number of β-amino-alcohol motifs (C(OH)–C–C–N with tert-alkyl or cyclic N) is 1. The van der Waals surface area contributed by atoms with E-state index in [2.05, 4.69) is 4.98 Å². The Labute approximate surface area is 106 Å². The van der Waals surface area contributed by atoms with Crippen LogP contribution in [0.2, 0.25) is 0 Å². The lowest BCUT2D eigenvalue weighted by molar-refractivity contribution is 0.104. The fourth-order valence-electron chi connectivity index (χ4n) is 2.09. The second-order valence-electron chi connectivity index (χ2n) is 4.41. The number of ether oxygens (including phenoxy) is 1. The molecule has 2 heterocycles. The molecule has 0 amide bonds. The summed E-state index contributed by atoms with van der Waals surface area (Å²) in [7, 11) is 0. The highest BCUT2D eigenvalue weighted by Crippen LogP contribution is 2.27. The second kappa shape index (κ2) is 5.41. The summed E-state index contributed by atoms with van der Waals surface area (Å²) in [5, 5.41) is 18.9. The van der Waals surface area contributed by atoms with E-state index in [4.69, 9.17) is 15.6 Å². The van der Waals surface area contributed by atoms with Gasteiger partial charge in [0, 0.05) is 19.0 Å². The third-order valence-electron chi connectivity index (χ3n) is 3.12. The topological polar surface area (TPSA) is 91.8 Å². The molecule has 1 fully saturated rings. The number of aliphatic hydroxyl groups is 2. The lowest BCUT2D eigenvalue weighted by Crippen LogP contribution is -2.22. The van der Waals surface area contributed by atoms with E-state index in [9.17, 15) is 5.11 Å². The number of aliphatic hydroxyl groups excluding tert-OH is 2. The lowest BCUT2D eigenvalue weighted by Gasteiger charge is -2.18. The van der Waals surface area contributed by atoms with Crippen LogP contribution in [0.4, 0.5) is 11.5 Å². The van der Waals surface area contributed by atoms with Crippen molar-refractivity contribution in [2.45, 2.75) is 13.0 Å². The normalized spacial score (nSPS) is 23.4. The summed E-state index contributed by atoms with van der Waals surface area (Å²) in [5.41, 5.74) is 6.26. The van der Waals surface area contributed by atoms with Crippen molar-refractivity contribution in [2.75, 3.05) is 36.9 Å². The van der Waals surface area contributed by atoms with Gasteiger partial charge in [-0.15, -0.1) is 0 Å². The average Bonchev–Trinajstić information content (AvgIpc) is 2.73. The number of aromatic nitrogens is 1. The minimum atomic E-state index is -0.523. The first-order valence-electron chi connectivity index (χ1n) is 6.09. The number of nitrogens with zero attached hydrogens (tertiary/aromatic N) is 2. The smallest absolute Gasteiger partial charge is 0.239 e. The van der Waals surface area contributed by atoms with Crippen molar-refractivity contribution < 1.29 is 14.9 Å². The van der Waals surface area contributed by atoms with Gasteiger partial charge in [-0.25, -0.2) is 0 Å². The first-order chi connectivity index (χ1) is 8.65. The van der Waals surface area contributed by atoms with Gasteiger partial charge in [0.05, 0.1) is 25.0 Å². The van der Waals surface area contributed by atoms with Crippen molar-refractivity contribution in [3.05, 3.63) is 12.1 Å². The van der Waals surface area contributed by atoms with E-state index >= 15 is 0 Å². The van der Waals surface area contributed by atoms with E-state index in [0.717, 1.165) is 0 Å². The van der Waals surface area contributed by atoms with Gasteiger partial charge in [-0.1, -0.05) is 0 Å². The Morgan fingerprint density at radius 3 is 2.89 bits per heavy atom. The zero-order valence-electron chi connectivity index (χ0n) is 10.4. The van der Waals surface area contributed by atoms with Crippen LogP contribution in [-0.4, -0.2) is 47.6 Å². The van der Waals surface area contributed by atoms with E-state index in [1.165, 1.54) is 0 Å². The maximum Gasteiger partial charge on any atom is 0.239 e. The Kier molecular flexibility index (Phi) is 3.88. The molecule has 6 heteroatoms. The molecule has 4 N–H and O–H groups in total. The maximum absolute atomic E-state index is 9.76. The van der Waals surface area contributed by atoms with Gasteiger partial charge < -0.3 is 25.6 Å². The predicted octanol–water partition coefficient (Wildman–Crippen LogP) is -0.148. The molecular formula is C12H19N3O3. The van der Waals surface area contributed by atoms with Gasteiger partial charge in [0.1, 0.15) is 5.82 Å². The van der Waals surface area contributed by atoms with Crippen molar-refractivity contribution in [3.8, 4) is 5.88 Å². The van der Waals surface area contributed by atoms with E-state index < -0.39 is 6.10 Å². The maximum atomic E-state index is 9.76. The number of rotatable bonds is 4. The summed E-state index contributed by atoms with van der Waals surface area (Å²) in [6.07, 6.45) is -0.523. The van der Waals surface area contributed by atoms with Crippen LogP contribution in [0.1, 0.15) is 6.92 Å². The number of nitrogens with two attached hydrogens (primary N) is 1. The summed E-state index contributed by atoms with van der Waals surface area (Å²) in [5.74, 6) is 1.000. The molecule has 1 aliphatic rings. The highest BCUT2D eigenvalue weighted by Gasteiger charge is 2.31. The molecular weight excluding hydrogens is 234 g/mol. The van der Waals surface area contributed by atoms with Gasteiger partial charge >= 0.3 is 0 Å². The van der Waals surface area contributed by atoms with Gasteiger partial charge in [0.25, 0.3) is 0 Å². The van der Waals surface area contributed by atoms with Crippen molar-refractivity contribution in [1.82, 2.24) is 4.98 Å². The minimum absolute atomic E-state index is 0.0229. The van der Waals surface area contributed by atoms with Crippen molar-refractivity contribution >= 4 is 11.5 Å². The molecule has 6 nitrogen and oxygen atoms in total. The highest BCUT2D eigenvalue weighted by molar-refractivity contribution is 5.55. The number of hydrogen-bond donors (Lipinski definition) is 3. The number of hydrogen-bond acceptors (Lipinski definition) is 6. The number of pyridine rings is 1. The molecule has 18 heavy (non-hydrogen) atoms. The third-order valence-corrected chi connectivity index (χ3v) is 3.12. The Balaban J connectivity index is 2.16. The van der Waals surface area contributed by atoms with E-state index in [-0.39, 0.29) is 12.5 Å². The summed E-state index contributed by atoms with van der Waals surface area (Å²) in [4.78, 5) is 6.26. The van der Waals surface area contributed by atoms with Gasteiger partial charge in [0.15, 0.2) is 0 Å². The molecule has 0 radical (unpaired) electrons. The highest BCUT2D eigenvalue weighted by atomic mass is 16.5. The molecule has 1 aromatic rings. The van der Waals surface area contributed by atoms with Crippen LogP contribution < -0.4 is 15.4 Å². The first-order valence-corrected chi connectivity index (χ1v) is 6.09. The lowest BCUT2D eigenvalue weighted by atomic mass is 10.1. The Bertz CT molecular complexity index is 414. The van der Waals surface area contributed by atoms with Crippen LogP contribution >= 0.6 is 0 Å². The monoisotopic (exact) mass is 253 g/mol. The first kappa shape index (κ1) is 12.9. The summed E-state index contributed by atoms with van der Waals surface area (Å²) < 4.78 is 5.34. The quantitative estimate of drug-likeness (QED) is 0.691. The average molecular weight is 253 g/mol. The molecule has 100 valence electrons. The Morgan fingerprint density at radius 2 is 2.28 bits per heavy atom. The van der Waals surface area contributed by atoms with Crippen molar-refractivity contribution in [3.63, 3.8) is 0 Å². The third kappa shape index (κ3) is 2.49. The molecule has 0 aromatic carbocycles. The van der Waals surface area contributed by atoms with E-state index in [0.29, 0.717) is 37.1 Å². The Hall–Kier alpha value is -1.53. The molecule has 2 unspecified atom stereocenters. The van der Waals surface area contributed by atoms with Gasteiger partial charge in [-0.05, 0) is 19.1 Å². The SMILES string of the molecule is CCOc1nc(N2CC(O)C(CO)C2)ccc1N. The molecule has 1 aliphatic heterocycles. The second-order valence-corrected chi connectivity index (χ2v) is 4.41. The molecule has 0 aliphatic carbocycles. The van der Waals surface area contributed by atoms with Crippen molar-refractivity contribution in [2.24, 2.45) is 5.92 Å². The number of anilines is 2. The molecule has 2 rings (SSSR count). The summed E-state index contributed by atoms with van der Waals surface area (Å²) in [6, 6.07) is 3.54. The van der Waals surface area contributed by atoms with Crippen LogP contribution in [0.5, 0.6) is 5.88 Å². The minimum Gasteiger partial charge on any atom is -0.476 e. The molecule has 1 aromatic heterocycles. The summed E-state index contributed by atoms with van der Waals surface area (Å²) >= 11 is 0. The largest absolute Gasteiger partial charge is 0.476 e. The van der Waals surface area contributed by atoms with Gasteiger partial charge in [0.2, 0.25) is 5.88 Å². The zero-order chi connectivity index (χ0) is 13.1. The zero-order valence-corrected chi connectivity index (χ0v) is 10.4. The molecule has 2 atom stereocenters. The molecule has 0 bridgehead atoms. The Morgan fingerprint density at radius 1 is 1.50 bits per heavy atom. The van der Waals surface area contributed by atoms with Crippen LogP contribution in [-0.2, 0) is 0 Å². The fourth-order valence-corrected chi connectivity index (χ4v) is 2.09. The van der Waals surface area contributed by atoms with E-state index in [1.54, 1.807) is 12.1 Å². The van der Waals surface area contributed by atoms with Crippen LogP contribution in [0.25, 0.3) is 0 Å². The molecule has 0 saturated carbocycles. The molecule has 0 spiro atoms. The molecule has 1 saturated heterocycles. The standard InChI is InChI=1S/C12H19N3O3/c1-2-18-12-9(13)3-4-11(14-12)15-5-8(7-16)10(17)6-15/h3-4,8,10,16-17H,2,5-7,13H2,1H3. The van der Waals surface area contributed by atoms with Crippen LogP contribution in [0.3, 0.4) is 0 Å². The van der Waals surface area contributed by atoms with E-state index in [1.807, 2.05) is 11.8 Å². The fraction of sp³-hybridized carbons (Fsp3) is 0.583. The van der Waals surface area contributed by atoms with Crippen molar-refractivity contribution in [1.29, 1.82) is 0 Å².